The van der Waals surface area contributed by atoms with Crippen LogP contribution in [0.4, 0.5) is 10.7 Å². The molecule has 0 radical (unpaired) electrons. The number of carbonyl (C=O) groups is 2. The Morgan fingerprint density at radius 1 is 1.29 bits per heavy atom. The van der Waals surface area contributed by atoms with Crippen LogP contribution in [-0.4, -0.2) is 31.8 Å². The summed E-state index contributed by atoms with van der Waals surface area (Å²) < 4.78 is 0. The lowest BCUT2D eigenvalue weighted by Crippen LogP contribution is -2.39. The third-order valence-corrected chi connectivity index (χ3v) is 5.22. The molecule has 116 valence electrons. The molecule has 21 heavy (non-hydrogen) atoms. The first-order chi connectivity index (χ1) is 9.85. The van der Waals surface area contributed by atoms with E-state index in [1.165, 1.54) is 24.7 Å². The van der Waals surface area contributed by atoms with Crippen LogP contribution < -0.4 is 16.0 Å². The topological polar surface area (TPSA) is 75.4 Å². The van der Waals surface area contributed by atoms with Crippen LogP contribution in [-0.2, 0) is 0 Å². The number of nitrogens with two attached hydrogens (primary N) is 1. The molecule has 0 bridgehead atoms. The van der Waals surface area contributed by atoms with Crippen molar-refractivity contribution in [3.8, 4) is 0 Å². The van der Waals surface area contributed by atoms with E-state index in [-0.39, 0.29) is 11.7 Å². The number of amides is 1. The van der Waals surface area contributed by atoms with Gasteiger partial charge in [0.2, 0.25) is 0 Å². The number of Topliss-reactive ketones (excluding diaryl/α,β-unsaturated/α-hetero) is 1. The second kappa shape index (κ2) is 6.05. The van der Waals surface area contributed by atoms with Crippen molar-refractivity contribution < 1.29 is 9.59 Å². The van der Waals surface area contributed by atoms with Gasteiger partial charge in [0.05, 0.1) is 16.1 Å². The molecule has 2 atom stereocenters. The maximum absolute atomic E-state index is 12.2. The minimum Gasteiger partial charge on any atom is -0.397 e. The number of piperidine rings is 1. The van der Waals surface area contributed by atoms with Gasteiger partial charge in [-0.2, -0.15) is 0 Å². The fraction of sp³-hybridized carbons (Fsp3) is 0.600. The van der Waals surface area contributed by atoms with Crippen molar-refractivity contribution in [3.63, 3.8) is 0 Å². The number of thiophene rings is 1. The summed E-state index contributed by atoms with van der Waals surface area (Å²) in [5.41, 5.74) is 6.83. The number of nitrogen functional groups attached to an aromatic ring is 1. The number of nitrogens with one attached hydrogen (secondary N) is 1. The van der Waals surface area contributed by atoms with E-state index < -0.39 is 0 Å². The predicted octanol–water partition coefficient (Wildman–Crippen LogP) is 2.37. The molecule has 2 heterocycles. The summed E-state index contributed by atoms with van der Waals surface area (Å²) in [7, 11) is 1.58. The van der Waals surface area contributed by atoms with Gasteiger partial charge in [0.1, 0.15) is 5.00 Å². The van der Waals surface area contributed by atoms with Gasteiger partial charge in [-0.25, -0.2) is 0 Å². The maximum atomic E-state index is 12.2. The van der Waals surface area contributed by atoms with Gasteiger partial charge < -0.3 is 16.0 Å². The molecule has 3 N–H and O–H groups in total. The molecule has 1 fully saturated rings. The molecule has 0 aliphatic carbocycles. The van der Waals surface area contributed by atoms with Gasteiger partial charge in [0.15, 0.2) is 5.78 Å². The minimum atomic E-state index is -0.225. The zero-order valence-corrected chi connectivity index (χ0v) is 13.8. The molecule has 1 aliphatic heterocycles. The van der Waals surface area contributed by atoms with Crippen molar-refractivity contribution in [1.29, 1.82) is 0 Å². The maximum Gasteiger partial charge on any atom is 0.256 e. The number of nitrogens with zero attached hydrogens (tertiary/aromatic N) is 1. The molecule has 6 heteroatoms. The second-order valence-corrected chi connectivity index (χ2v) is 7.01. The number of hydrogen-bond donors (Lipinski definition) is 2. The molecule has 1 amide bonds. The normalized spacial score (nSPS) is 22.2. The van der Waals surface area contributed by atoms with Gasteiger partial charge in [-0.1, -0.05) is 13.8 Å². The van der Waals surface area contributed by atoms with Crippen LogP contribution in [0.5, 0.6) is 0 Å². The summed E-state index contributed by atoms with van der Waals surface area (Å²) in [6, 6.07) is 0. The summed E-state index contributed by atoms with van der Waals surface area (Å²) in [5.74, 6) is 0.815. The lowest BCUT2D eigenvalue weighted by molar-refractivity contribution is 0.0964. The van der Waals surface area contributed by atoms with Crippen molar-refractivity contribution in [3.05, 3.63) is 10.4 Å². The van der Waals surface area contributed by atoms with Crippen LogP contribution in [0, 0.1) is 11.8 Å². The Bertz CT molecular complexity index is 558. The average Bonchev–Trinajstić information content (AvgIpc) is 2.74. The Morgan fingerprint density at radius 2 is 1.86 bits per heavy atom. The van der Waals surface area contributed by atoms with Gasteiger partial charge in [-0.15, -0.1) is 11.3 Å². The molecule has 1 aromatic heterocycles. The lowest BCUT2D eigenvalue weighted by Gasteiger charge is -2.36. The lowest BCUT2D eigenvalue weighted by atomic mass is 9.92. The Balaban J connectivity index is 2.48. The van der Waals surface area contributed by atoms with Gasteiger partial charge in [0, 0.05) is 27.1 Å². The van der Waals surface area contributed by atoms with Gasteiger partial charge in [-0.05, 0) is 18.3 Å². The average molecular weight is 309 g/mol. The van der Waals surface area contributed by atoms with E-state index in [0.29, 0.717) is 28.0 Å². The highest BCUT2D eigenvalue weighted by Crippen LogP contribution is 2.40. The quantitative estimate of drug-likeness (QED) is 0.841. The first-order valence-electron chi connectivity index (χ1n) is 7.25. The zero-order chi connectivity index (χ0) is 15.7. The van der Waals surface area contributed by atoms with Gasteiger partial charge in [-0.3, -0.25) is 9.59 Å². The largest absolute Gasteiger partial charge is 0.397 e. The molecule has 0 spiro atoms. The summed E-state index contributed by atoms with van der Waals surface area (Å²) in [6.07, 6.45) is 1.19. The van der Waals surface area contributed by atoms with E-state index in [2.05, 4.69) is 24.1 Å². The van der Waals surface area contributed by atoms with E-state index in [9.17, 15) is 9.59 Å². The number of hydrogen-bond acceptors (Lipinski definition) is 5. The molecular formula is C15H23N3O2S. The molecule has 1 saturated heterocycles. The number of carbonyl (C=O) groups excluding carboxylic acids is 2. The molecule has 2 unspecified atom stereocenters. The van der Waals surface area contributed by atoms with E-state index in [4.69, 9.17) is 5.73 Å². The van der Waals surface area contributed by atoms with Gasteiger partial charge in [0.25, 0.3) is 5.91 Å². The zero-order valence-electron chi connectivity index (χ0n) is 13.0. The summed E-state index contributed by atoms with van der Waals surface area (Å²) in [5, 5.41) is 3.46. The van der Waals surface area contributed by atoms with E-state index >= 15 is 0 Å². The molecule has 1 aliphatic rings. The van der Waals surface area contributed by atoms with Crippen LogP contribution in [0.25, 0.3) is 0 Å². The Morgan fingerprint density at radius 3 is 2.33 bits per heavy atom. The molecule has 0 saturated carbocycles. The number of anilines is 2. The third-order valence-electron chi connectivity index (χ3n) is 3.86. The summed E-state index contributed by atoms with van der Waals surface area (Å²) in [6.45, 7) is 7.70. The smallest absolute Gasteiger partial charge is 0.256 e. The summed E-state index contributed by atoms with van der Waals surface area (Å²) in [4.78, 5) is 26.6. The highest BCUT2D eigenvalue weighted by Gasteiger charge is 2.30. The van der Waals surface area contributed by atoms with Gasteiger partial charge >= 0.3 is 0 Å². The summed E-state index contributed by atoms with van der Waals surface area (Å²) >= 11 is 1.34. The standard InChI is InChI=1S/C15H23N3O2S/c1-8-5-9(2)7-18(6-8)15-11(14(20)17-4)12(16)13(21-15)10(3)19/h8-9H,5-7,16H2,1-4H3,(H,17,20). The van der Waals surface area contributed by atoms with Crippen LogP contribution in [0.2, 0.25) is 0 Å². The molecular weight excluding hydrogens is 286 g/mol. The fourth-order valence-electron chi connectivity index (χ4n) is 3.09. The molecule has 1 aromatic rings. The molecule has 5 nitrogen and oxygen atoms in total. The fourth-order valence-corrected chi connectivity index (χ4v) is 4.22. The molecule has 2 rings (SSSR count). The van der Waals surface area contributed by atoms with Crippen LogP contribution in [0.1, 0.15) is 47.2 Å². The van der Waals surface area contributed by atoms with Crippen LogP contribution in [0.15, 0.2) is 0 Å². The first kappa shape index (κ1) is 15.8. The van der Waals surface area contributed by atoms with E-state index in [1.807, 2.05) is 0 Å². The van der Waals surface area contributed by atoms with Crippen LogP contribution in [0.3, 0.4) is 0 Å². The Hall–Kier alpha value is -1.56. The third kappa shape index (κ3) is 3.05. The van der Waals surface area contributed by atoms with E-state index in [0.717, 1.165) is 18.1 Å². The highest BCUT2D eigenvalue weighted by molar-refractivity contribution is 7.19. The van der Waals surface area contributed by atoms with Crippen molar-refractivity contribution >= 4 is 33.7 Å². The number of ketones is 1. The predicted molar refractivity (Wildman–Crippen MR) is 87.3 cm³/mol. The second-order valence-electron chi connectivity index (χ2n) is 6.01. The Labute approximate surface area is 129 Å². The Kier molecular flexibility index (Phi) is 4.56. The van der Waals surface area contributed by atoms with E-state index in [1.54, 1.807) is 7.05 Å². The van der Waals surface area contributed by atoms with Crippen molar-refractivity contribution in [2.75, 3.05) is 30.8 Å². The number of rotatable bonds is 3. The van der Waals surface area contributed by atoms with Crippen LogP contribution >= 0.6 is 11.3 Å². The first-order valence-corrected chi connectivity index (χ1v) is 8.07. The highest BCUT2D eigenvalue weighted by atomic mass is 32.1. The monoisotopic (exact) mass is 309 g/mol. The van der Waals surface area contributed by atoms with Crippen molar-refractivity contribution in [2.45, 2.75) is 27.2 Å². The minimum absolute atomic E-state index is 0.0907. The van der Waals surface area contributed by atoms with Crippen molar-refractivity contribution in [2.24, 2.45) is 11.8 Å². The SMILES string of the molecule is CNC(=O)c1c(N2CC(C)CC(C)C2)sc(C(C)=O)c1N. The molecule has 0 aromatic carbocycles. The van der Waals surface area contributed by atoms with Crippen molar-refractivity contribution in [1.82, 2.24) is 5.32 Å².